The zero-order valence-corrected chi connectivity index (χ0v) is 18.0. The molecule has 2 amide bonds. The van der Waals surface area contributed by atoms with Crippen molar-refractivity contribution < 1.29 is 28.2 Å². The van der Waals surface area contributed by atoms with E-state index in [0.29, 0.717) is 28.5 Å². The van der Waals surface area contributed by atoms with Crippen LogP contribution in [-0.2, 0) is 16.2 Å². The van der Waals surface area contributed by atoms with E-state index in [2.05, 4.69) is 15.8 Å². The first-order chi connectivity index (χ1) is 16.0. The van der Waals surface area contributed by atoms with Crippen molar-refractivity contribution in [3.05, 3.63) is 83.7 Å². The Morgan fingerprint density at radius 1 is 0.939 bits per heavy atom. The minimum absolute atomic E-state index is 0.165. The summed E-state index contributed by atoms with van der Waals surface area (Å²) in [6.07, 6.45) is 1.33. The molecule has 0 aliphatic carbocycles. The highest BCUT2D eigenvalue weighted by Gasteiger charge is 2.14. The van der Waals surface area contributed by atoms with Gasteiger partial charge in [-0.3, -0.25) is 9.59 Å². The van der Waals surface area contributed by atoms with Crippen molar-refractivity contribution in [1.82, 2.24) is 5.43 Å². The Balaban J connectivity index is 1.63. The average Bonchev–Trinajstić information content (AvgIpc) is 2.84. The molecule has 0 heterocycles. The van der Waals surface area contributed by atoms with Crippen LogP contribution in [0.1, 0.15) is 11.1 Å². The summed E-state index contributed by atoms with van der Waals surface area (Å²) in [6.45, 7) is 0.165. The van der Waals surface area contributed by atoms with Crippen molar-refractivity contribution in [2.75, 3.05) is 19.5 Å². The molecule has 0 fully saturated rings. The van der Waals surface area contributed by atoms with Gasteiger partial charge >= 0.3 is 11.8 Å². The first-order valence-corrected chi connectivity index (χ1v) is 9.83. The maximum absolute atomic E-state index is 13.1. The van der Waals surface area contributed by atoms with Gasteiger partial charge in [0.05, 0.1) is 20.4 Å². The van der Waals surface area contributed by atoms with Crippen molar-refractivity contribution in [1.29, 1.82) is 0 Å². The number of amides is 2. The molecule has 33 heavy (non-hydrogen) atoms. The smallest absolute Gasteiger partial charge is 0.329 e. The number of halogens is 1. The first-order valence-electron chi connectivity index (χ1n) is 9.83. The second-order valence-electron chi connectivity index (χ2n) is 6.68. The fraction of sp³-hybridized carbons (Fsp3) is 0.125. The molecule has 0 aromatic heterocycles. The molecule has 0 radical (unpaired) electrons. The molecule has 0 aliphatic rings. The van der Waals surface area contributed by atoms with Crippen molar-refractivity contribution >= 4 is 23.7 Å². The van der Waals surface area contributed by atoms with Gasteiger partial charge in [0, 0.05) is 11.3 Å². The van der Waals surface area contributed by atoms with Gasteiger partial charge in [0.2, 0.25) is 0 Å². The van der Waals surface area contributed by atoms with Crippen LogP contribution in [0.25, 0.3) is 0 Å². The third kappa shape index (κ3) is 6.54. The number of rotatable bonds is 8. The summed E-state index contributed by atoms with van der Waals surface area (Å²) >= 11 is 0. The lowest BCUT2D eigenvalue weighted by Crippen LogP contribution is -2.32. The van der Waals surface area contributed by atoms with Gasteiger partial charge in [-0.05, 0) is 54.1 Å². The summed E-state index contributed by atoms with van der Waals surface area (Å²) in [6, 6.07) is 17.6. The SMILES string of the molecule is COc1ccc(NC(=O)C(=O)N/N=C\c2cccc(OC)c2OCc2ccc(F)cc2)cc1. The van der Waals surface area contributed by atoms with Crippen molar-refractivity contribution in [2.45, 2.75) is 6.61 Å². The lowest BCUT2D eigenvalue weighted by Gasteiger charge is -2.13. The van der Waals surface area contributed by atoms with Crippen LogP contribution in [0, 0.1) is 5.82 Å². The van der Waals surface area contributed by atoms with E-state index in [4.69, 9.17) is 14.2 Å². The normalized spacial score (nSPS) is 10.5. The Bertz CT molecular complexity index is 1130. The molecule has 0 saturated carbocycles. The number of hydrazone groups is 1. The van der Waals surface area contributed by atoms with Gasteiger partial charge in [-0.25, -0.2) is 9.82 Å². The maximum atomic E-state index is 13.1. The number of nitrogens with zero attached hydrogens (tertiary/aromatic N) is 1. The lowest BCUT2D eigenvalue weighted by atomic mass is 10.2. The summed E-state index contributed by atoms with van der Waals surface area (Å²) in [4.78, 5) is 24.1. The van der Waals surface area contributed by atoms with E-state index in [-0.39, 0.29) is 12.4 Å². The van der Waals surface area contributed by atoms with Gasteiger partial charge < -0.3 is 19.5 Å². The fourth-order valence-electron chi connectivity index (χ4n) is 2.76. The van der Waals surface area contributed by atoms with Crippen molar-refractivity contribution in [2.24, 2.45) is 5.10 Å². The van der Waals surface area contributed by atoms with Gasteiger partial charge in [0.15, 0.2) is 11.5 Å². The van der Waals surface area contributed by atoms with Crippen LogP contribution in [0.5, 0.6) is 17.2 Å². The van der Waals surface area contributed by atoms with Gasteiger partial charge in [-0.1, -0.05) is 18.2 Å². The van der Waals surface area contributed by atoms with Crippen molar-refractivity contribution in [3.8, 4) is 17.2 Å². The summed E-state index contributed by atoms with van der Waals surface area (Å²) in [7, 11) is 3.02. The highest BCUT2D eigenvalue weighted by atomic mass is 19.1. The standard InChI is InChI=1S/C24H22FN3O5/c1-31-20-12-10-19(11-13-20)27-23(29)24(30)28-26-14-17-4-3-5-21(32-2)22(17)33-15-16-6-8-18(25)9-7-16/h3-14H,15H2,1-2H3,(H,27,29)(H,28,30)/b26-14-. The van der Waals surface area contributed by atoms with Crippen LogP contribution in [0.15, 0.2) is 71.8 Å². The summed E-state index contributed by atoms with van der Waals surface area (Å²) in [5.41, 5.74) is 3.87. The molecular formula is C24H22FN3O5. The van der Waals surface area contributed by atoms with Crippen LogP contribution in [-0.4, -0.2) is 32.2 Å². The number of benzene rings is 3. The molecule has 0 bridgehead atoms. The number of carbonyl (C=O) groups is 2. The molecule has 9 heteroatoms. The predicted molar refractivity (Wildman–Crippen MR) is 121 cm³/mol. The Hall–Kier alpha value is -4.40. The topological polar surface area (TPSA) is 98.2 Å². The molecular weight excluding hydrogens is 429 g/mol. The number of anilines is 1. The summed E-state index contributed by atoms with van der Waals surface area (Å²) in [5, 5.41) is 6.31. The number of nitrogens with one attached hydrogen (secondary N) is 2. The molecule has 0 unspecified atom stereocenters. The zero-order valence-electron chi connectivity index (χ0n) is 18.0. The van der Waals surface area contributed by atoms with Gasteiger partial charge in [0.25, 0.3) is 0 Å². The number of hydrogen-bond acceptors (Lipinski definition) is 6. The quantitative estimate of drug-likeness (QED) is 0.310. The molecule has 170 valence electrons. The minimum atomic E-state index is -0.946. The minimum Gasteiger partial charge on any atom is -0.497 e. The molecule has 3 aromatic carbocycles. The third-order valence-electron chi connectivity index (χ3n) is 4.45. The highest BCUT2D eigenvalue weighted by molar-refractivity contribution is 6.39. The van der Waals surface area contributed by atoms with E-state index in [0.717, 1.165) is 5.56 Å². The van der Waals surface area contributed by atoms with E-state index in [1.807, 2.05) is 0 Å². The molecule has 0 saturated heterocycles. The van der Waals surface area contributed by atoms with E-state index >= 15 is 0 Å². The number of carbonyl (C=O) groups excluding carboxylic acids is 2. The van der Waals surface area contributed by atoms with Crippen LogP contribution in [0.4, 0.5) is 10.1 Å². The number of methoxy groups -OCH3 is 2. The van der Waals surface area contributed by atoms with E-state index in [1.54, 1.807) is 54.6 Å². The highest BCUT2D eigenvalue weighted by Crippen LogP contribution is 2.30. The Morgan fingerprint density at radius 3 is 2.33 bits per heavy atom. The Labute approximate surface area is 190 Å². The molecule has 0 spiro atoms. The van der Waals surface area contributed by atoms with Crippen LogP contribution < -0.4 is 25.0 Å². The monoisotopic (exact) mass is 451 g/mol. The fourth-order valence-corrected chi connectivity index (χ4v) is 2.76. The number of para-hydroxylation sites is 1. The lowest BCUT2D eigenvalue weighted by molar-refractivity contribution is -0.136. The first kappa shape index (κ1) is 23.3. The van der Waals surface area contributed by atoms with E-state index < -0.39 is 11.8 Å². The van der Waals surface area contributed by atoms with Crippen LogP contribution >= 0.6 is 0 Å². The van der Waals surface area contributed by atoms with E-state index in [1.165, 1.54) is 32.6 Å². The second-order valence-corrected chi connectivity index (χ2v) is 6.68. The van der Waals surface area contributed by atoms with Crippen LogP contribution in [0.3, 0.4) is 0 Å². The van der Waals surface area contributed by atoms with Gasteiger partial charge in [0.1, 0.15) is 18.2 Å². The molecule has 2 N–H and O–H groups in total. The second kappa shape index (κ2) is 11.3. The van der Waals surface area contributed by atoms with Gasteiger partial charge in [-0.2, -0.15) is 5.10 Å². The molecule has 0 atom stereocenters. The van der Waals surface area contributed by atoms with Gasteiger partial charge in [-0.15, -0.1) is 0 Å². The Morgan fingerprint density at radius 2 is 1.67 bits per heavy atom. The summed E-state index contributed by atoms with van der Waals surface area (Å²) < 4.78 is 29.3. The molecule has 0 aliphatic heterocycles. The largest absolute Gasteiger partial charge is 0.497 e. The summed E-state index contributed by atoms with van der Waals surface area (Å²) in [5.74, 6) is -0.711. The number of ether oxygens (including phenoxy) is 3. The van der Waals surface area contributed by atoms with E-state index in [9.17, 15) is 14.0 Å². The van der Waals surface area contributed by atoms with Crippen molar-refractivity contribution in [3.63, 3.8) is 0 Å². The average molecular weight is 451 g/mol. The zero-order chi connectivity index (χ0) is 23.6. The van der Waals surface area contributed by atoms with Crippen LogP contribution in [0.2, 0.25) is 0 Å². The Kier molecular flexibility index (Phi) is 7.96. The number of hydrogen-bond donors (Lipinski definition) is 2. The predicted octanol–water partition coefficient (Wildman–Crippen LogP) is 3.51. The molecule has 3 rings (SSSR count). The molecule has 3 aromatic rings. The third-order valence-corrected chi connectivity index (χ3v) is 4.45. The maximum Gasteiger partial charge on any atom is 0.329 e. The molecule has 8 nitrogen and oxygen atoms in total.